The van der Waals surface area contributed by atoms with Crippen molar-refractivity contribution in [2.75, 3.05) is 11.5 Å². The highest BCUT2D eigenvalue weighted by Crippen LogP contribution is 2.43. The van der Waals surface area contributed by atoms with Crippen LogP contribution in [0.25, 0.3) is 11.0 Å². The minimum Gasteiger partial charge on any atom is -0.396 e. The molecule has 0 aliphatic heterocycles. The van der Waals surface area contributed by atoms with Crippen LogP contribution in [0.4, 0.5) is 11.4 Å². The quantitative estimate of drug-likeness (QED) is 0.227. The molecule has 0 amide bonds. The molecule has 7 heteroatoms. The van der Waals surface area contributed by atoms with E-state index in [1.165, 1.54) is 11.7 Å². The second-order valence-corrected chi connectivity index (χ2v) is 23.5. The van der Waals surface area contributed by atoms with Gasteiger partial charge < -0.3 is 11.5 Å². The summed E-state index contributed by atoms with van der Waals surface area (Å²) in [5.41, 5.74) is 28.0. The Balaban J connectivity index is 2.83. The van der Waals surface area contributed by atoms with Crippen molar-refractivity contribution in [3.63, 3.8) is 0 Å². The van der Waals surface area contributed by atoms with Crippen molar-refractivity contribution in [3.05, 3.63) is 11.1 Å². The number of benzene rings is 1. The van der Waals surface area contributed by atoms with E-state index in [1.54, 1.807) is 0 Å². The van der Waals surface area contributed by atoms with Gasteiger partial charge in [-0.25, -0.2) is 0 Å². The van der Waals surface area contributed by atoms with Gasteiger partial charge in [0.15, 0.2) is 0 Å². The standard InChI is InChI=1S/C28H46N4SSi2/c1-17(2)34(18(3)4,19(5)6)15-13-23-25(29)26(30)24(28-27(23)31-33-32-28)14-16-35(20(7)8,21(9)10)22(11)12/h17-22H,29-30H2,1-12H3. The van der Waals surface area contributed by atoms with Crippen LogP contribution >= 0.6 is 11.7 Å². The molecule has 192 valence electrons. The summed E-state index contributed by atoms with van der Waals surface area (Å²) in [6.45, 7) is 27.7. The van der Waals surface area contributed by atoms with Crippen molar-refractivity contribution in [2.45, 2.75) is 116 Å². The number of anilines is 2. The van der Waals surface area contributed by atoms with Gasteiger partial charge in [0.2, 0.25) is 0 Å². The van der Waals surface area contributed by atoms with Gasteiger partial charge in [0.25, 0.3) is 0 Å². The number of hydrogen-bond donors (Lipinski definition) is 2. The lowest BCUT2D eigenvalue weighted by Crippen LogP contribution is -2.43. The average Bonchev–Trinajstić information content (AvgIpc) is 3.20. The molecule has 1 heterocycles. The highest BCUT2D eigenvalue weighted by atomic mass is 32.1. The molecular formula is C28H46N4SSi2. The average molecular weight is 527 g/mol. The zero-order chi connectivity index (χ0) is 26.9. The fraction of sp³-hybridized carbons (Fsp3) is 0.643. The van der Waals surface area contributed by atoms with Crippen LogP contribution < -0.4 is 11.5 Å². The van der Waals surface area contributed by atoms with Crippen molar-refractivity contribution in [2.24, 2.45) is 0 Å². The van der Waals surface area contributed by atoms with E-state index >= 15 is 0 Å². The van der Waals surface area contributed by atoms with Crippen LogP contribution in [0.1, 0.15) is 94.2 Å². The summed E-state index contributed by atoms with van der Waals surface area (Å²) in [7, 11) is -3.87. The fourth-order valence-electron chi connectivity index (χ4n) is 6.50. The second kappa shape index (κ2) is 11.1. The van der Waals surface area contributed by atoms with E-state index in [4.69, 9.17) is 11.5 Å². The maximum Gasteiger partial charge on any atom is 0.146 e. The molecule has 0 bridgehead atoms. The first-order valence-electron chi connectivity index (χ1n) is 13.0. The molecule has 0 atom stereocenters. The number of nitrogens with zero attached hydrogens (tertiary/aromatic N) is 2. The van der Waals surface area contributed by atoms with Crippen molar-refractivity contribution in [3.8, 4) is 22.9 Å². The first kappa shape index (κ1) is 29.4. The number of nitrogens with two attached hydrogens (primary N) is 2. The number of fused-ring (bicyclic) bond motifs is 1. The molecule has 35 heavy (non-hydrogen) atoms. The molecule has 0 saturated carbocycles. The lowest BCUT2D eigenvalue weighted by atomic mass is 10.0. The van der Waals surface area contributed by atoms with Crippen LogP contribution in [0, 0.1) is 22.9 Å². The second-order valence-electron chi connectivity index (χ2n) is 11.8. The molecule has 4 nitrogen and oxygen atoms in total. The molecule has 1 aromatic heterocycles. The topological polar surface area (TPSA) is 77.8 Å². The lowest BCUT2D eigenvalue weighted by Gasteiger charge is -2.38. The Kier molecular flexibility index (Phi) is 9.31. The number of nitrogen functional groups attached to an aromatic ring is 2. The fourth-order valence-corrected chi connectivity index (χ4v) is 17.5. The third-order valence-corrected chi connectivity index (χ3v) is 21.4. The minimum absolute atomic E-state index is 0.493. The zero-order valence-corrected chi connectivity index (χ0v) is 26.7. The van der Waals surface area contributed by atoms with Crippen molar-refractivity contribution >= 4 is 50.3 Å². The van der Waals surface area contributed by atoms with E-state index in [2.05, 4.69) is 115 Å². The van der Waals surface area contributed by atoms with E-state index in [0.29, 0.717) is 44.6 Å². The Bertz CT molecular complexity index is 1040. The van der Waals surface area contributed by atoms with Crippen molar-refractivity contribution < 1.29 is 0 Å². The molecule has 0 unspecified atom stereocenters. The van der Waals surface area contributed by atoms with Crippen LogP contribution in [0.15, 0.2) is 0 Å². The maximum absolute atomic E-state index is 6.65. The Morgan fingerprint density at radius 2 is 0.800 bits per heavy atom. The molecule has 2 aromatic rings. The molecule has 0 fully saturated rings. The zero-order valence-electron chi connectivity index (χ0n) is 23.9. The van der Waals surface area contributed by atoms with Gasteiger partial charge in [-0.3, -0.25) is 0 Å². The Morgan fingerprint density at radius 3 is 1.03 bits per heavy atom. The first-order chi connectivity index (χ1) is 16.2. The van der Waals surface area contributed by atoms with Crippen molar-refractivity contribution in [1.82, 2.24) is 8.75 Å². The summed E-state index contributed by atoms with van der Waals surface area (Å²) in [5.74, 6) is 6.99. The Labute approximate surface area is 220 Å². The largest absolute Gasteiger partial charge is 0.396 e. The molecular weight excluding hydrogens is 481 g/mol. The van der Waals surface area contributed by atoms with E-state index in [0.717, 1.165) is 22.2 Å². The van der Waals surface area contributed by atoms with Gasteiger partial charge in [-0.05, 0) is 33.2 Å². The van der Waals surface area contributed by atoms with Crippen LogP contribution in [-0.2, 0) is 0 Å². The summed E-state index contributed by atoms with van der Waals surface area (Å²) in [4.78, 5) is 0. The summed E-state index contributed by atoms with van der Waals surface area (Å²) in [6.07, 6.45) is 0. The van der Waals surface area contributed by atoms with Crippen LogP contribution in [0.3, 0.4) is 0 Å². The number of rotatable bonds is 6. The summed E-state index contributed by atoms with van der Waals surface area (Å²) < 4.78 is 9.24. The summed E-state index contributed by atoms with van der Waals surface area (Å²) >= 11 is 1.18. The van der Waals surface area contributed by atoms with Crippen LogP contribution in [0.2, 0.25) is 33.2 Å². The van der Waals surface area contributed by atoms with Gasteiger partial charge in [0.05, 0.1) is 34.2 Å². The maximum atomic E-state index is 6.65. The van der Waals surface area contributed by atoms with Crippen molar-refractivity contribution in [1.29, 1.82) is 0 Å². The summed E-state index contributed by atoms with van der Waals surface area (Å²) in [5, 5.41) is 0. The SMILES string of the molecule is CC(C)[Si](C#Cc1c(N)c(N)c(C#C[Si](C(C)C)(C(C)C)C(C)C)c2nsnc12)(C(C)C)C(C)C. The van der Waals surface area contributed by atoms with Gasteiger partial charge in [0, 0.05) is 0 Å². The third kappa shape index (κ3) is 5.06. The van der Waals surface area contributed by atoms with Gasteiger partial charge >= 0.3 is 0 Å². The Morgan fingerprint density at radius 1 is 0.543 bits per heavy atom. The first-order valence-corrected chi connectivity index (χ1v) is 18.2. The molecule has 0 radical (unpaired) electrons. The molecule has 0 aliphatic rings. The molecule has 0 spiro atoms. The normalized spacial score (nSPS) is 12.7. The smallest absolute Gasteiger partial charge is 0.146 e. The number of aromatic nitrogens is 2. The van der Waals surface area contributed by atoms with Crippen LogP contribution in [0.5, 0.6) is 0 Å². The Hall–Kier alpha value is -1.81. The summed E-state index contributed by atoms with van der Waals surface area (Å²) in [6, 6.07) is 0. The number of hydrogen-bond acceptors (Lipinski definition) is 5. The lowest BCUT2D eigenvalue weighted by molar-refractivity contribution is 0.838. The highest BCUT2D eigenvalue weighted by molar-refractivity contribution is 7.00. The highest BCUT2D eigenvalue weighted by Gasteiger charge is 2.43. The molecule has 1 aromatic carbocycles. The molecule has 0 aliphatic carbocycles. The minimum atomic E-state index is -1.93. The van der Waals surface area contributed by atoms with E-state index in [1.807, 2.05) is 0 Å². The molecule has 0 saturated heterocycles. The van der Waals surface area contributed by atoms with Gasteiger partial charge in [-0.1, -0.05) is 94.9 Å². The third-order valence-electron chi connectivity index (χ3n) is 8.33. The van der Waals surface area contributed by atoms with Gasteiger partial charge in [-0.15, -0.1) is 11.1 Å². The molecule has 2 rings (SSSR count). The van der Waals surface area contributed by atoms with E-state index < -0.39 is 16.1 Å². The van der Waals surface area contributed by atoms with E-state index in [9.17, 15) is 0 Å². The monoisotopic (exact) mass is 526 g/mol. The predicted octanol–water partition coefficient (Wildman–Crippen LogP) is 7.99. The van der Waals surface area contributed by atoms with Crippen LogP contribution in [-0.4, -0.2) is 24.9 Å². The van der Waals surface area contributed by atoms with Gasteiger partial charge in [-0.2, -0.15) is 8.75 Å². The van der Waals surface area contributed by atoms with Gasteiger partial charge in [0.1, 0.15) is 27.2 Å². The predicted molar refractivity (Wildman–Crippen MR) is 162 cm³/mol. The molecule has 4 N–H and O–H groups in total. The van der Waals surface area contributed by atoms with E-state index in [-0.39, 0.29) is 0 Å².